The van der Waals surface area contributed by atoms with Crippen LogP contribution in [0.1, 0.15) is 24.9 Å². The molecule has 1 N–H and O–H groups in total. The lowest BCUT2D eigenvalue weighted by molar-refractivity contribution is -0.174. The first kappa shape index (κ1) is 11.8. The Kier molecular flexibility index (Phi) is 2.73. The zero-order valence-corrected chi connectivity index (χ0v) is 8.97. The summed E-state index contributed by atoms with van der Waals surface area (Å²) in [6.07, 6.45) is -4.50. The molecule has 1 aromatic carbocycles. The van der Waals surface area contributed by atoms with Crippen LogP contribution in [0.2, 0.25) is 0 Å². The third-order valence-electron chi connectivity index (χ3n) is 2.53. The Morgan fingerprint density at radius 1 is 1.47 bits per heavy atom. The number of carbonyl (C=O) groups excluding carboxylic acids is 1. The summed E-state index contributed by atoms with van der Waals surface area (Å²) in [7, 11) is 0. The van der Waals surface area contributed by atoms with Crippen LogP contribution in [0.4, 0.5) is 13.2 Å². The summed E-state index contributed by atoms with van der Waals surface area (Å²) in [4.78, 5) is 10.9. The average molecular weight is 245 g/mol. The number of hydrogen-bond acceptors (Lipinski definition) is 2. The number of amides is 1. The minimum atomic E-state index is -4.86. The van der Waals surface area contributed by atoms with Crippen molar-refractivity contribution < 1.29 is 22.7 Å². The summed E-state index contributed by atoms with van der Waals surface area (Å²) >= 11 is 0. The van der Waals surface area contributed by atoms with E-state index in [1.165, 1.54) is 0 Å². The fourth-order valence-electron chi connectivity index (χ4n) is 1.62. The Morgan fingerprint density at radius 3 is 2.76 bits per heavy atom. The van der Waals surface area contributed by atoms with E-state index in [1.54, 1.807) is 25.1 Å². The lowest BCUT2D eigenvalue weighted by Gasteiger charge is -2.17. The van der Waals surface area contributed by atoms with Gasteiger partial charge in [0.2, 0.25) is 0 Å². The van der Waals surface area contributed by atoms with Crippen molar-refractivity contribution in [3.05, 3.63) is 23.8 Å². The maximum Gasteiger partial charge on any atom is 0.471 e. The molecule has 0 spiro atoms. The predicted octanol–water partition coefficient (Wildman–Crippen LogP) is 2.92. The molecule has 0 aliphatic carbocycles. The molecular weight excluding hydrogens is 235 g/mol. The highest BCUT2D eigenvalue weighted by atomic mass is 19.4. The van der Waals surface area contributed by atoms with Crippen molar-refractivity contribution in [3.63, 3.8) is 0 Å². The van der Waals surface area contributed by atoms with Crippen molar-refractivity contribution in [2.45, 2.75) is 25.6 Å². The molecule has 1 aromatic rings. The standard InChI is InChI=1S/C11H10F3NO2/c1-2-7(15-10(16)11(12,13)14)6-4-3-5-8-9(6)17-8/h3-5,7H,2H2,1H3,(H,15,16). The van der Waals surface area contributed by atoms with Crippen LogP contribution in [0.15, 0.2) is 18.2 Å². The molecular formula is C11H10F3NO2. The van der Waals surface area contributed by atoms with Gasteiger partial charge in [0, 0.05) is 5.56 Å². The Bertz CT molecular complexity index is 457. The summed E-state index contributed by atoms with van der Waals surface area (Å²) in [5.41, 5.74) is 0.586. The highest BCUT2D eigenvalue weighted by molar-refractivity contribution is 5.82. The van der Waals surface area contributed by atoms with Gasteiger partial charge in [-0.1, -0.05) is 19.1 Å². The van der Waals surface area contributed by atoms with Gasteiger partial charge < -0.3 is 10.1 Å². The van der Waals surface area contributed by atoms with Crippen LogP contribution in [-0.2, 0) is 4.79 Å². The minimum Gasteiger partial charge on any atom is -0.449 e. The number of fused-ring (bicyclic) bond motifs is 1. The monoisotopic (exact) mass is 245 g/mol. The van der Waals surface area contributed by atoms with Crippen molar-refractivity contribution in [2.75, 3.05) is 0 Å². The molecule has 1 aliphatic rings. The molecule has 1 heterocycles. The molecule has 1 amide bonds. The van der Waals surface area contributed by atoms with Crippen LogP contribution in [-0.4, -0.2) is 12.1 Å². The van der Waals surface area contributed by atoms with E-state index < -0.39 is 18.1 Å². The largest absolute Gasteiger partial charge is 0.471 e. The van der Waals surface area contributed by atoms with E-state index in [2.05, 4.69) is 0 Å². The molecule has 17 heavy (non-hydrogen) atoms. The van der Waals surface area contributed by atoms with Crippen LogP contribution in [0.25, 0.3) is 0 Å². The van der Waals surface area contributed by atoms with Crippen molar-refractivity contribution in [1.29, 1.82) is 0 Å². The molecule has 1 atom stereocenters. The van der Waals surface area contributed by atoms with Crippen LogP contribution < -0.4 is 10.1 Å². The summed E-state index contributed by atoms with van der Waals surface area (Å²) in [5.74, 6) is -0.702. The molecule has 0 saturated carbocycles. The summed E-state index contributed by atoms with van der Waals surface area (Å²) in [5, 5.41) is 1.95. The van der Waals surface area contributed by atoms with Crippen molar-refractivity contribution in [3.8, 4) is 11.5 Å². The van der Waals surface area contributed by atoms with Crippen LogP contribution in [0, 0.1) is 0 Å². The molecule has 0 fully saturated rings. The van der Waals surface area contributed by atoms with Crippen molar-refractivity contribution in [2.24, 2.45) is 0 Å². The Hall–Kier alpha value is -1.72. The molecule has 1 aliphatic heterocycles. The van der Waals surface area contributed by atoms with E-state index in [0.717, 1.165) is 0 Å². The maximum atomic E-state index is 12.1. The molecule has 92 valence electrons. The molecule has 2 rings (SSSR count). The first-order chi connectivity index (χ1) is 7.93. The zero-order chi connectivity index (χ0) is 12.6. The second-order valence-electron chi connectivity index (χ2n) is 3.71. The molecule has 3 nitrogen and oxygen atoms in total. The van der Waals surface area contributed by atoms with E-state index in [1.807, 2.05) is 5.32 Å². The number of halogens is 3. The molecule has 0 bridgehead atoms. The number of ether oxygens (including phenoxy) is 1. The SMILES string of the molecule is CCC(NC(=O)C(F)(F)F)c1cccc2c1O2. The van der Waals surface area contributed by atoms with Crippen LogP contribution in [0.3, 0.4) is 0 Å². The predicted molar refractivity (Wildman–Crippen MR) is 53.7 cm³/mol. The normalized spacial score (nSPS) is 14.6. The molecule has 1 unspecified atom stereocenters. The third-order valence-corrected chi connectivity index (χ3v) is 2.53. The van der Waals surface area contributed by atoms with Gasteiger partial charge in [-0.05, 0) is 12.5 Å². The van der Waals surface area contributed by atoms with E-state index >= 15 is 0 Å². The number of alkyl halides is 3. The Labute approximate surface area is 95.6 Å². The topological polar surface area (TPSA) is 41.6 Å². The van der Waals surface area contributed by atoms with Gasteiger partial charge in [-0.25, -0.2) is 0 Å². The lowest BCUT2D eigenvalue weighted by Crippen LogP contribution is -2.38. The lowest BCUT2D eigenvalue weighted by atomic mass is 10.0. The fraction of sp³-hybridized carbons (Fsp3) is 0.364. The highest BCUT2D eigenvalue weighted by Crippen LogP contribution is 2.50. The maximum absolute atomic E-state index is 12.1. The van der Waals surface area contributed by atoms with E-state index in [4.69, 9.17) is 4.74 Å². The summed E-state index contributed by atoms with van der Waals surface area (Å²) < 4.78 is 41.5. The van der Waals surface area contributed by atoms with Gasteiger partial charge in [-0.15, -0.1) is 0 Å². The van der Waals surface area contributed by atoms with Gasteiger partial charge in [0.25, 0.3) is 0 Å². The van der Waals surface area contributed by atoms with Crippen molar-refractivity contribution >= 4 is 5.91 Å². The second kappa shape index (κ2) is 3.94. The summed E-state index contributed by atoms with van der Waals surface area (Å²) in [6, 6.07) is 4.37. The first-order valence-corrected chi connectivity index (χ1v) is 5.12. The minimum absolute atomic E-state index is 0.363. The average Bonchev–Trinajstić information content (AvgIpc) is 3.02. The number of benzene rings is 1. The molecule has 6 heteroatoms. The quantitative estimate of drug-likeness (QED) is 0.845. The fourth-order valence-corrected chi connectivity index (χ4v) is 1.62. The van der Waals surface area contributed by atoms with Crippen LogP contribution in [0.5, 0.6) is 11.5 Å². The van der Waals surface area contributed by atoms with E-state index in [-0.39, 0.29) is 0 Å². The first-order valence-electron chi connectivity index (χ1n) is 5.12. The number of rotatable bonds is 3. The zero-order valence-electron chi connectivity index (χ0n) is 8.97. The van der Waals surface area contributed by atoms with Gasteiger partial charge in [0.15, 0.2) is 11.5 Å². The molecule has 0 saturated heterocycles. The third kappa shape index (κ3) is 2.35. The number of hydrogen-bond donors (Lipinski definition) is 1. The molecule has 0 aromatic heterocycles. The van der Waals surface area contributed by atoms with Gasteiger partial charge >= 0.3 is 12.1 Å². The number of para-hydroxylation sites is 1. The number of nitrogens with one attached hydrogen (secondary N) is 1. The smallest absolute Gasteiger partial charge is 0.449 e. The van der Waals surface area contributed by atoms with Gasteiger partial charge in [0.1, 0.15) is 0 Å². The van der Waals surface area contributed by atoms with Gasteiger partial charge in [0.05, 0.1) is 6.04 Å². The van der Waals surface area contributed by atoms with Crippen molar-refractivity contribution in [1.82, 2.24) is 5.32 Å². The highest BCUT2D eigenvalue weighted by Gasteiger charge is 2.40. The van der Waals surface area contributed by atoms with E-state index in [9.17, 15) is 18.0 Å². The molecule has 0 radical (unpaired) electrons. The number of carbonyl (C=O) groups is 1. The summed E-state index contributed by atoms with van der Waals surface area (Å²) in [6.45, 7) is 1.70. The second-order valence-corrected chi connectivity index (χ2v) is 3.71. The Balaban J connectivity index is 2.14. The van der Waals surface area contributed by atoms with Crippen LogP contribution >= 0.6 is 0 Å². The van der Waals surface area contributed by atoms with Gasteiger partial charge in [-0.3, -0.25) is 4.79 Å². The Morgan fingerprint density at radius 2 is 2.18 bits per heavy atom. The van der Waals surface area contributed by atoms with E-state index in [0.29, 0.717) is 23.5 Å². The van der Waals surface area contributed by atoms with Gasteiger partial charge in [-0.2, -0.15) is 13.2 Å².